The zero-order valence-corrected chi connectivity index (χ0v) is 13.2. The average molecular weight is 293 g/mol. The molecule has 1 saturated heterocycles. The zero-order valence-electron chi connectivity index (χ0n) is 13.2. The maximum absolute atomic E-state index is 5.86. The largest absolute Gasteiger partial charge is 0.375 e. The number of hydrogen-bond acceptors (Lipinski definition) is 5. The molecule has 21 heavy (non-hydrogen) atoms. The molecule has 2 aliphatic rings. The predicted molar refractivity (Wildman–Crippen MR) is 80.9 cm³/mol. The van der Waals surface area contributed by atoms with Crippen LogP contribution in [0.5, 0.6) is 0 Å². The van der Waals surface area contributed by atoms with Crippen molar-refractivity contribution in [1.82, 2.24) is 25.2 Å². The van der Waals surface area contributed by atoms with Crippen LogP contribution >= 0.6 is 0 Å². The van der Waals surface area contributed by atoms with Crippen molar-refractivity contribution < 1.29 is 4.74 Å². The van der Waals surface area contributed by atoms with Gasteiger partial charge in [-0.05, 0) is 19.3 Å². The Balaban J connectivity index is 1.48. The fourth-order valence-corrected chi connectivity index (χ4v) is 3.35. The second-order valence-electron chi connectivity index (χ2n) is 6.45. The Morgan fingerprint density at radius 1 is 1.38 bits per heavy atom. The lowest BCUT2D eigenvalue weighted by molar-refractivity contribution is -0.0566. The minimum atomic E-state index is 0.472. The van der Waals surface area contributed by atoms with Gasteiger partial charge in [0.15, 0.2) is 0 Å². The highest BCUT2D eigenvalue weighted by atomic mass is 16.5. The number of ether oxygens (including phenoxy) is 1. The van der Waals surface area contributed by atoms with E-state index < -0.39 is 0 Å². The molecule has 3 rings (SSSR count). The number of rotatable bonds is 6. The Morgan fingerprint density at radius 3 is 3.14 bits per heavy atom. The monoisotopic (exact) mass is 293 g/mol. The van der Waals surface area contributed by atoms with Crippen molar-refractivity contribution in [2.45, 2.75) is 64.4 Å². The van der Waals surface area contributed by atoms with Crippen molar-refractivity contribution in [3.05, 3.63) is 11.9 Å². The van der Waals surface area contributed by atoms with E-state index in [0.29, 0.717) is 18.2 Å². The summed E-state index contributed by atoms with van der Waals surface area (Å²) in [5, 5.41) is 11.8. The van der Waals surface area contributed by atoms with Crippen LogP contribution in [0.2, 0.25) is 0 Å². The topological polar surface area (TPSA) is 55.2 Å². The lowest BCUT2D eigenvalue weighted by Gasteiger charge is -2.37. The van der Waals surface area contributed by atoms with Crippen molar-refractivity contribution in [1.29, 1.82) is 0 Å². The summed E-state index contributed by atoms with van der Waals surface area (Å²) in [4.78, 5) is 2.58. The minimum absolute atomic E-state index is 0.472. The normalized spacial score (nSPS) is 26.4. The molecular weight excluding hydrogens is 266 g/mol. The Labute approximate surface area is 126 Å². The molecule has 118 valence electrons. The summed E-state index contributed by atoms with van der Waals surface area (Å²) in [6, 6.07) is 1.10. The minimum Gasteiger partial charge on any atom is -0.375 e. The number of hydrogen-bond donors (Lipinski definition) is 1. The third-order valence-corrected chi connectivity index (χ3v) is 4.49. The average Bonchev–Trinajstić information content (AvgIpc) is 3.12. The maximum Gasteiger partial charge on any atom is 0.0964 e. The van der Waals surface area contributed by atoms with Gasteiger partial charge in [-0.3, -0.25) is 9.58 Å². The first-order chi connectivity index (χ1) is 10.2. The van der Waals surface area contributed by atoms with E-state index in [0.717, 1.165) is 38.5 Å². The highest BCUT2D eigenvalue weighted by Crippen LogP contribution is 2.29. The Bertz CT molecular complexity index is 447. The molecule has 2 heterocycles. The van der Waals surface area contributed by atoms with Crippen LogP contribution in [-0.4, -0.2) is 57.8 Å². The molecule has 1 aromatic rings. The Morgan fingerprint density at radius 2 is 2.29 bits per heavy atom. The molecule has 2 unspecified atom stereocenters. The molecule has 0 radical (unpaired) electrons. The van der Waals surface area contributed by atoms with E-state index in [1.165, 1.54) is 19.3 Å². The van der Waals surface area contributed by atoms with Gasteiger partial charge in [-0.2, -0.15) is 0 Å². The molecule has 0 amide bonds. The molecule has 1 aliphatic carbocycles. The van der Waals surface area contributed by atoms with Gasteiger partial charge in [0.1, 0.15) is 0 Å². The van der Waals surface area contributed by atoms with Crippen molar-refractivity contribution >= 4 is 0 Å². The van der Waals surface area contributed by atoms with Crippen molar-refractivity contribution in [2.75, 3.05) is 19.7 Å². The summed E-state index contributed by atoms with van der Waals surface area (Å²) in [5.74, 6) is 0. The van der Waals surface area contributed by atoms with Crippen LogP contribution in [0.1, 0.15) is 38.8 Å². The van der Waals surface area contributed by atoms with Gasteiger partial charge in [0.2, 0.25) is 0 Å². The van der Waals surface area contributed by atoms with Crippen molar-refractivity contribution in [2.24, 2.45) is 0 Å². The van der Waals surface area contributed by atoms with Crippen LogP contribution in [0.4, 0.5) is 0 Å². The molecule has 0 spiro atoms. The summed E-state index contributed by atoms with van der Waals surface area (Å²) in [7, 11) is 0. The summed E-state index contributed by atoms with van der Waals surface area (Å²) >= 11 is 0. The summed E-state index contributed by atoms with van der Waals surface area (Å²) in [5.41, 5.74) is 1.02. The molecule has 2 fully saturated rings. The van der Waals surface area contributed by atoms with Gasteiger partial charge in [-0.1, -0.05) is 19.1 Å². The maximum atomic E-state index is 5.86. The van der Waals surface area contributed by atoms with Gasteiger partial charge in [-0.25, -0.2) is 0 Å². The third-order valence-electron chi connectivity index (χ3n) is 4.49. The van der Waals surface area contributed by atoms with E-state index in [-0.39, 0.29) is 0 Å². The van der Waals surface area contributed by atoms with Gasteiger partial charge >= 0.3 is 0 Å². The van der Waals surface area contributed by atoms with Crippen LogP contribution < -0.4 is 5.32 Å². The number of fused-ring (bicyclic) bond motifs is 1. The number of nitrogens with one attached hydrogen (secondary N) is 1. The predicted octanol–water partition coefficient (Wildman–Crippen LogP) is 1.03. The van der Waals surface area contributed by atoms with E-state index in [4.69, 9.17) is 4.74 Å². The molecule has 6 heteroatoms. The molecule has 6 nitrogen and oxygen atoms in total. The first-order valence-corrected chi connectivity index (χ1v) is 8.20. The van der Waals surface area contributed by atoms with E-state index in [1.54, 1.807) is 0 Å². The third kappa shape index (κ3) is 3.81. The first kappa shape index (κ1) is 14.9. The van der Waals surface area contributed by atoms with Crippen LogP contribution in [0, 0.1) is 0 Å². The summed E-state index contributed by atoms with van der Waals surface area (Å²) < 4.78 is 7.83. The number of nitrogens with zero attached hydrogens (tertiary/aromatic N) is 4. The molecule has 1 N–H and O–H groups in total. The zero-order chi connectivity index (χ0) is 14.7. The molecule has 1 saturated carbocycles. The second-order valence-corrected chi connectivity index (χ2v) is 6.45. The van der Waals surface area contributed by atoms with E-state index in [2.05, 4.69) is 40.6 Å². The van der Waals surface area contributed by atoms with E-state index in [1.807, 2.05) is 4.68 Å². The quantitative estimate of drug-likeness (QED) is 0.849. The van der Waals surface area contributed by atoms with Gasteiger partial charge in [0.25, 0.3) is 0 Å². The SMILES string of the molecule is CC(C)NCc1cn(CCN2CCOC3CCCC32)nn1. The highest BCUT2D eigenvalue weighted by molar-refractivity contribution is 4.93. The molecule has 0 bridgehead atoms. The van der Waals surface area contributed by atoms with Gasteiger partial charge < -0.3 is 10.1 Å². The molecule has 1 aliphatic heterocycles. The van der Waals surface area contributed by atoms with Gasteiger partial charge in [0.05, 0.1) is 24.9 Å². The van der Waals surface area contributed by atoms with Crippen LogP contribution in [0.25, 0.3) is 0 Å². The van der Waals surface area contributed by atoms with Crippen molar-refractivity contribution in [3.8, 4) is 0 Å². The number of morpholine rings is 1. The fourth-order valence-electron chi connectivity index (χ4n) is 3.35. The lowest BCUT2D eigenvalue weighted by atomic mass is 10.1. The molecule has 0 aromatic carbocycles. The van der Waals surface area contributed by atoms with Crippen molar-refractivity contribution in [3.63, 3.8) is 0 Å². The molecular formula is C15H27N5O. The smallest absolute Gasteiger partial charge is 0.0964 e. The summed E-state index contributed by atoms with van der Waals surface area (Å²) in [6.07, 6.45) is 6.35. The fraction of sp³-hybridized carbons (Fsp3) is 0.867. The van der Waals surface area contributed by atoms with Gasteiger partial charge in [0, 0.05) is 37.9 Å². The van der Waals surface area contributed by atoms with Crippen LogP contribution in [0.15, 0.2) is 6.20 Å². The van der Waals surface area contributed by atoms with E-state index in [9.17, 15) is 0 Å². The highest BCUT2D eigenvalue weighted by Gasteiger charge is 2.35. The van der Waals surface area contributed by atoms with Crippen LogP contribution in [0.3, 0.4) is 0 Å². The van der Waals surface area contributed by atoms with E-state index >= 15 is 0 Å². The van der Waals surface area contributed by atoms with Gasteiger partial charge in [-0.15, -0.1) is 5.10 Å². The first-order valence-electron chi connectivity index (χ1n) is 8.20. The lowest BCUT2D eigenvalue weighted by Crippen LogP contribution is -2.49. The standard InChI is InChI=1S/C15H27N5O/c1-12(2)16-10-13-11-20(18-17-13)7-6-19-8-9-21-15-5-3-4-14(15)19/h11-12,14-16H,3-10H2,1-2H3. The second kappa shape index (κ2) is 6.85. The Hall–Kier alpha value is -0.980. The van der Waals surface area contributed by atoms with Crippen LogP contribution in [-0.2, 0) is 17.8 Å². The molecule has 2 atom stereocenters. The number of aromatic nitrogens is 3. The summed E-state index contributed by atoms with van der Waals surface area (Å²) in [6.45, 7) is 8.96. The Kier molecular flexibility index (Phi) is 4.87. The molecule has 1 aromatic heterocycles.